The summed E-state index contributed by atoms with van der Waals surface area (Å²) >= 11 is 0. The summed E-state index contributed by atoms with van der Waals surface area (Å²) in [6, 6.07) is 0. The quantitative estimate of drug-likeness (QED) is 0.650. The largest absolute Gasteiger partial charge is 0.466 e. The van der Waals surface area contributed by atoms with Crippen molar-refractivity contribution in [2.75, 3.05) is 6.73 Å². The van der Waals surface area contributed by atoms with Gasteiger partial charge in [0.2, 0.25) is 0 Å². The Hall–Kier alpha value is -2.17. The number of nitrogens with zero attached hydrogens (tertiary/aromatic N) is 1. The molecule has 0 unspecified atom stereocenters. The predicted molar refractivity (Wildman–Crippen MR) is 54.2 cm³/mol. The van der Waals surface area contributed by atoms with Crippen LogP contribution in [0.25, 0.3) is 0 Å². The second kappa shape index (κ2) is 4.90. The Balaban J connectivity index is 0.000000124. The van der Waals surface area contributed by atoms with Gasteiger partial charge in [0.05, 0.1) is 6.26 Å². The lowest BCUT2D eigenvalue weighted by Crippen LogP contribution is -2.02. The molecule has 0 bridgehead atoms. The molecule has 0 atom stereocenters. The van der Waals surface area contributed by atoms with E-state index in [2.05, 4.69) is 15.3 Å². The van der Waals surface area contributed by atoms with Crippen molar-refractivity contribution in [1.82, 2.24) is 5.48 Å². The molecule has 15 heavy (non-hydrogen) atoms. The topological polar surface area (TPSA) is 52.1 Å². The predicted octanol–water partition coefficient (Wildman–Crippen LogP) is 1.35. The molecular formula is C10H10N2O3. The number of hydroxylamine groups is 1. The maximum absolute atomic E-state index is 5.04. The molecule has 0 saturated heterocycles. The molecule has 0 saturated carbocycles. The minimum Gasteiger partial charge on any atom is -0.466 e. The van der Waals surface area contributed by atoms with E-state index in [1.807, 2.05) is 12.2 Å². The van der Waals surface area contributed by atoms with E-state index in [1.54, 1.807) is 30.9 Å². The highest BCUT2D eigenvalue weighted by molar-refractivity contribution is 5.94. The van der Waals surface area contributed by atoms with Gasteiger partial charge in [-0.25, -0.2) is 10.5 Å². The molecular weight excluding hydrogens is 196 g/mol. The summed E-state index contributed by atoms with van der Waals surface area (Å²) < 4.78 is 10.0. The zero-order valence-electron chi connectivity index (χ0n) is 7.92. The number of aliphatic imine (C=N–C) groups is 1. The third-order valence-corrected chi connectivity index (χ3v) is 1.63. The van der Waals surface area contributed by atoms with Crippen LogP contribution >= 0.6 is 0 Å². The standard InChI is InChI=1S/C6H5NO2.C4H5NO/c1-2-5-6(8-3-1)7-4-9-5;1-2-4-6-5-3-1/h1-3H,4H2;1-5H. The number of nitrogens with one attached hydrogen (secondary N) is 1. The van der Waals surface area contributed by atoms with Crippen molar-refractivity contribution in [3.05, 3.63) is 48.8 Å². The summed E-state index contributed by atoms with van der Waals surface area (Å²) in [4.78, 5) is 8.46. The van der Waals surface area contributed by atoms with Crippen LogP contribution in [0.1, 0.15) is 0 Å². The van der Waals surface area contributed by atoms with Crippen molar-refractivity contribution in [3.63, 3.8) is 0 Å². The van der Waals surface area contributed by atoms with Crippen molar-refractivity contribution in [3.8, 4) is 0 Å². The number of hydrogen-bond acceptors (Lipinski definition) is 5. The Kier molecular flexibility index (Phi) is 3.07. The van der Waals surface area contributed by atoms with Crippen LogP contribution in [0, 0.1) is 0 Å². The van der Waals surface area contributed by atoms with Crippen molar-refractivity contribution >= 4 is 5.90 Å². The summed E-state index contributed by atoms with van der Waals surface area (Å²) in [6.45, 7) is 0.392. The van der Waals surface area contributed by atoms with Crippen molar-refractivity contribution in [2.45, 2.75) is 0 Å². The molecule has 5 nitrogen and oxygen atoms in total. The summed E-state index contributed by atoms with van der Waals surface area (Å²) in [5.74, 6) is 1.33. The first-order valence-corrected chi connectivity index (χ1v) is 4.41. The van der Waals surface area contributed by atoms with E-state index in [0.29, 0.717) is 12.6 Å². The average Bonchev–Trinajstić information content (AvgIpc) is 2.80. The lowest BCUT2D eigenvalue weighted by Gasteiger charge is -2.02. The smallest absolute Gasteiger partial charge is 0.260 e. The van der Waals surface area contributed by atoms with E-state index < -0.39 is 0 Å². The Morgan fingerprint density at radius 1 is 1.20 bits per heavy atom. The molecule has 3 aliphatic heterocycles. The first kappa shape index (κ1) is 9.39. The normalized spacial score (nSPS) is 19.2. The van der Waals surface area contributed by atoms with Gasteiger partial charge in [0.25, 0.3) is 5.90 Å². The molecule has 5 heteroatoms. The molecule has 3 aliphatic rings. The molecule has 0 spiro atoms. The van der Waals surface area contributed by atoms with Gasteiger partial charge in [0, 0.05) is 6.20 Å². The second-order valence-corrected chi connectivity index (χ2v) is 2.64. The monoisotopic (exact) mass is 206 g/mol. The molecule has 0 aliphatic carbocycles. The third kappa shape index (κ3) is 2.63. The lowest BCUT2D eigenvalue weighted by atomic mass is 10.4. The van der Waals surface area contributed by atoms with Crippen LogP contribution in [0.15, 0.2) is 53.8 Å². The van der Waals surface area contributed by atoms with E-state index in [-0.39, 0.29) is 0 Å². The van der Waals surface area contributed by atoms with Gasteiger partial charge in [-0.2, -0.15) is 0 Å². The van der Waals surface area contributed by atoms with Crippen LogP contribution in [0.2, 0.25) is 0 Å². The minimum absolute atomic E-state index is 0.392. The highest BCUT2D eigenvalue weighted by Crippen LogP contribution is 2.13. The maximum Gasteiger partial charge on any atom is 0.260 e. The van der Waals surface area contributed by atoms with Crippen LogP contribution in [-0.2, 0) is 14.3 Å². The van der Waals surface area contributed by atoms with E-state index in [0.717, 1.165) is 5.76 Å². The van der Waals surface area contributed by atoms with Gasteiger partial charge in [-0.15, -0.1) is 0 Å². The van der Waals surface area contributed by atoms with Crippen LogP contribution in [-0.4, -0.2) is 12.6 Å². The third-order valence-electron chi connectivity index (χ3n) is 1.63. The zero-order chi connectivity index (χ0) is 10.3. The number of allylic oxidation sites excluding steroid dienone is 4. The van der Waals surface area contributed by atoms with Crippen molar-refractivity contribution in [2.24, 2.45) is 4.99 Å². The van der Waals surface area contributed by atoms with Gasteiger partial charge in [0.1, 0.15) is 6.26 Å². The van der Waals surface area contributed by atoms with Gasteiger partial charge < -0.3 is 14.3 Å². The van der Waals surface area contributed by atoms with Crippen molar-refractivity contribution in [1.29, 1.82) is 0 Å². The SMILES string of the molecule is C1=CNOC=C1.C1=COC2=NCOC2=C1. The van der Waals surface area contributed by atoms with Gasteiger partial charge in [-0.1, -0.05) is 0 Å². The van der Waals surface area contributed by atoms with Crippen LogP contribution < -0.4 is 5.48 Å². The van der Waals surface area contributed by atoms with Gasteiger partial charge in [0.15, 0.2) is 12.5 Å². The summed E-state index contributed by atoms with van der Waals surface area (Å²) in [5, 5.41) is 0. The zero-order valence-corrected chi connectivity index (χ0v) is 7.92. The lowest BCUT2D eigenvalue weighted by molar-refractivity contribution is 0.172. The Bertz CT molecular complexity index is 355. The molecule has 3 heterocycles. The fourth-order valence-corrected chi connectivity index (χ4v) is 1.00. The summed E-state index contributed by atoms with van der Waals surface area (Å²) in [5.41, 5.74) is 2.52. The maximum atomic E-state index is 5.04. The first-order chi connectivity index (χ1) is 7.47. The molecule has 0 fully saturated rings. The van der Waals surface area contributed by atoms with E-state index in [9.17, 15) is 0 Å². The molecule has 0 aromatic heterocycles. The highest BCUT2D eigenvalue weighted by atomic mass is 16.6. The molecule has 78 valence electrons. The summed E-state index contributed by atoms with van der Waals surface area (Å²) in [6.07, 6.45) is 12.1. The highest BCUT2D eigenvalue weighted by Gasteiger charge is 2.16. The second-order valence-electron chi connectivity index (χ2n) is 2.64. The van der Waals surface area contributed by atoms with Crippen LogP contribution in [0.4, 0.5) is 0 Å². The number of ether oxygens (including phenoxy) is 2. The Morgan fingerprint density at radius 3 is 2.80 bits per heavy atom. The minimum atomic E-state index is 0.392. The van der Waals surface area contributed by atoms with Crippen LogP contribution in [0.5, 0.6) is 0 Å². The molecule has 0 aromatic rings. The number of fused-ring (bicyclic) bond motifs is 1. The van der Waals surface area contributed by atoms with Gasteiger partial charge in [-0.05, 0) is 24.3 Å². The fourth-order valence-electron chi connectivity index (χ4n) is 1.00. The molecule has 0 amide bonds. The molecule has 0 aromatic carbocycles. The molecule has 0 radical (unpaired) electrons. The summed E-state index contributed by atoms with van der Waals surface area (Å²) in [7, 11) is 0. The molecule has 1 N–H and O–H groups in total. The van der Waals surface area contributed by atoms with E-state index in [1.165, 1.54) is 0 Å². The Morgan fingerprint density at radius 2 is 2.20 bits per heavy atom. The van der Waals surface area contributed by atoms with Crippen LogP contribution in [0.3, 0.4) is 0 Å². The van der Waals surface area contributed by atoms with Gasteiger partial charge >= 0.3 is 0 Å². The van der Waals surface area contributed by atoms with E-state index in [4.69, 9.17) is 9.47 Å². The first-order valence-electron chi connectivity index (χ1n) is 4.41. The van der Waals surface area contributed by atoms with E-state index >= 15 is 0 Å². The van der Waals surface area contributed by atoms with Crippen molar-refractivity contribution < 1.29 is 14.3 Å². The Labute approximate surface area is 87.0 Å². The molecule has 3 rings (SSSR count). The van der Waals surface area contributed by atoms with Gasteiger partial charge in [-0.3, -0.25) is 0 Å². The number of rotatable bonds is 0. The number of hydrogen-bond donors (Lipinski definition) is 1. The fraction of sp³-hybridized carbons (Fsp3) is 0.100. The average molecular weight is 206 g/mol.